The SMILES string of the molecule is C[C@@H]1C[C@@H](C)CN(CCCNC(=O)c2ccc(Br)cc2)C1. The van der Waals surface area contributed by atoms with Gasteiger partial charge in [-0.25, -0.2) is 0 Å². The highest BCUT2D eigenvalue weighted by Gasteiger charge is 2.21. The van der Waals surface area contributed by atoms with Gasteiger partial charge in [-0.3, -0.25) is 4.79 Å². The van der Waals surface area contributed by atoms with Gasteiger partial charge in [0.05, 0.1) is 0 Å². The summed E-state index contributed by atoms with van der Waals surface area (Å²) in [4.78, 5) is 14.5. The summed E-state index contributed by atoms with van der Waals surface area (Å²) >= 11 is 3.37. The minimum Gasteiger partial charge on any atom is -0.352 e. The molecule has 1 amide bonds. The number of hydrogen-bond donors (Lipinski definition) is 1. The van der Waals surface area contributed by atoms with Gasteiger partial charge >= 0.3 is 0 Å². The molecule has 1 aliphatic rings. The maximum atomic E-state index is 12.0. The third-order valence-electron chi connectivity index (χ3n) is 3.99. The van der Waals surface area contributed by atoms with Crippen molar-refractivity contribution in [2.24, 2.45) is 11.8 Å². The van der Waals surface area contributed by atoms with Crippen molar-refractivity contribution in [1.29, 1.82) is 0 Å². The highest BCUT2D eigenvalue weighted by Crippen LogP contribution is 2.20. The summed E-state index contributed by atoms with van der Waals surface area (Å²) in [7, 11) is 0. The van der Waals surface area contributed by atoms with E-state index < -0.39 is 0 Å². The molecule has 0 unspecified atom stereocenters. The Morgan fingerprint density at radius 2 is 1.86 bits per heavy atom. The number of likely N-dealkylation sites (tertiary alicyclic amines) is 1. The predicted octanol–water partition coefficient (Wildman–Crippen LogP) is 3.55. The fourth-order valence-electron chi connectivity index (χ4n) is 3.18. The number of benzene rings is 1. The van der Waals surface area contributed by atoms with Crippen molar-refractivity contribution >= 4 is 21.8 Å². The minimum absolute atomic E-state index is 0.0166. The Kier molecular flexibility index (Phi) is 6.24. The van der Waals surface area contributed by atoms with Gasteiger partial charge in [-0.05, 0) is 55.5 Å². The molecule has 3 nitrogen and oxygen atoms in total. The fraction of sp³-hybridized carbons (Fsp3) is 0.588. The molecule has 0 aliphatic carbocycles. The first-order valence-electron chi connectivity index (χ1n) is 7.80. The van der Waals surface area contributed by atoms with Gasteiger partial charge in [-0.1, -0.05) is 29.8 Å². The molecular formula is C17H25BrN2O. The number of nitrogens with zero attached hydrogens (tertiary/aromatic N) is 1. The van der Waals surface area contributed by atoms with Gasteiger partial charge in [-0.2, -0.15) is 0 Å². The molecule has 0 saturated carbocycles. The minimum atomic E-state index is 0.0166. The number of nitrogens with one attached hydrogen (secondary N) is 1. The molecule has 1 N–H and O–H groups in total. The van der Waals surface area contributed by atoms with E-state index in [1.54, 1.807) is 0 Å². The van der Waals surface area contributed by atoms with Gasteiger partial charge in [0.25, 0.3) is 5.91 Å². The van der Waals surface area contributed by atoms with E-state index in [0.29, 0.717) is 0 Å². The Morgan fingerprint density at radius 1 is 1.24 bits per heavy atom. The van der Waals surface area contributed by atoms with Crippen LogP contribution >= 0.6 is 15.9 Å². The van der Waals surface area contributed by atoms with Crippen molar-refractivity contribution in [3.8, 4) is 0 Å². The molecule has 0 spiro atoms. The van der Waals surface area contributed by atoms with Crippen molar-refractivity contribution in [3.63, 3.8) is 0 Å². The van der Waals surface area contributed by atoms with Gasteiger partial charge in [0.15, 0.2) is 0 Å². The molecule has 1 fully saturated rings. The van der Waals surface area contributed by atoms with E-state index in [1.807, 2.05) is 24.3 Å². The third kappa shape index (κ3) is 5.44. The lowest BCUT2D eigenvalue weighted by atomic mass is 9.92. The Labute approximate surface area is 136 Å². The topological polar surface area (TPSA) is 32.3 Å². The van der Waals surface area contributed by atoms with Crippen molar-refractivity contribution in [2.75, 3.05) is 26.2 Å². The van der Waals surface area contributed by atoms with Crippen LogP contribution in [0.5, 0.6) is 0 Å². The van der Waals surface area contributed by atoms with Crippen LogP contribution in [0, 0.1) is 11.8 Å². The summed E-state index contributed by atoms with van der Waals surface area (Å²) < 4.78 is 0.993. The standard InChI is InChI=1S/C17H25BrN2O/c1-13-10-14(2)12-20(11-13)9-3-8-19-17(21)15-4-6-16(18)7-5-15/h4-7,13-14H,3,8-12H2,1-2H3,(H,19,21)/t13-,14-/m1/s1. The number of piperidine rings is 1. The van der Waals surface area contributed by atoms with Gasteiger partial charge in [-0.15, -0.1) is 0 Å². The lowest BCUT2D eigenvalue weighted by Gasteiger charge is -2.34. The summed E-state index contributed by atoms with van der Waals surface area (Å²) in [6.07, 6.45) is 2.36. The van der Waals surface area contributed by atoms with E-state index in [4.69, 9.17) is 0 Å². The van der Waals surface area contributed by atoms with Gasteiger partial charge in [0.1, 0.15) is 0 Å². The summed E-state index contributed by atoms with van der Waals surface area (Å²) in [5, 5.41) is 3.00. The van der Waals surface area contributed by atoms with Crippen LogP contribution in [-0.2, 0) is 0 Å². The maximum absolute atomic E-state index is 12.0. The van der Waals surface area contributed by atoms with E-state index in [9.17, 15) is 4.79 Å². The number of rotatable bonds is 5. The van der Waals surface area contributed by atoms with E-state index in [2.05, 4.69) is 40.0 Å². The average molecular weight is 353 g/mol. The smallest absolute Gasteiger partial charge is 0.251 e. The van der Waals surface area contributed by atoms with Crippen LogP contribution in [0.1, 0.15) is 37.0 Å². The van der Waals surface area contributed by atoms with Crippen molar-refractivity contribution < 1.29 is 4.79 Å². The van der Waals surface area contributed by atoms with Crippen LogP contribution < -0.4 is 5.32 Å². The highest BCUT2D eigenvalue weighted by atomic mass is 79.9. The molecule has 1 saturated heterocycles. The van der Waals surface area contributed by atoms with E-state index in [1.165, 1.54) is 19.5 Å². The van der Waals surface area contributed by atoms with Crippen molar-refractivity contribution in [2.45, 2.75) is 26.7 Å². The summed E-state index contributed by atoms with van der Waals surface area (Å²) in [6, 6.07) is 7.47. The summed E-state index contributed by atoms with van der Waals surface area (Å²) in [5.41, 5.74) is 0.721. The van der Waals surface area contributed by atoms with Crippen LogP contribution in [0.15, 0.2) is 28.7 Å². The second-order valence-electron chi connectivity index (χ2n) is 6.32. The maximum Gasteiger partial charge on any atom is 0.251 e. The van der Waals surface area contributed by atoms with Gasteiger partial charge in [0, 0.05) is 29.7 Å². The van der Waals surface area contributed by atoms with Crippen LogP contribution in [-0.4, -0.2) is 37.0 Å². The monoisotopic (exact) mass is 352 g/mol. The number of halogens is 1. The second-order valence-corrected chi connectivity index (χ2v) is 7.24. The molecule has 1 aromatic rings. The highest BCUT2D eigenvalue weighted by molar-refractivity contribution is 9.10. The summed E-state index contributed by atoms with van der Waals surface area (Å²) in [6.45, 7) is 8.88. The fourth-order valence-corrected chi connectivity index (χ4v) is 3.45. The molecule has 21 heavy (non-hydrogen) atoms. The van der Waals surface area contributed by atoms with Gasteiger partial charge < -0.3 is 10.2 Å². The van der Waals surface area contributed by atoms with Crippen LogP contribution in [0.2, 0.25) is 0 Å². The Morgan fingerprint density at radius 3 is 2.48 bits per heavy atom. The lowest BCUT2D eigenvalue weighted by molar-refractivity contribution is 0.0947. The molecule has 1 aromatic carbocycles. The Balaban J connectivity index is 1.67. The Bertz CT molecular complexity index is 450. The van der Waals surface area contributed by atoms with Crippen LogP contribution in [0.3, 0.4) is 0 Å². The zero-order valence-electron chi connectivity index (χ0n) is 12.9. The third-order valence-corrected chi connectivity index (χ3v) is 4.52. The zero-order chi connectivity index (χ0) is 15.2. The molecule has 2 rings (SSSR count). The molecule has 0 aromatic heterocycles. The van der Waals surface area contributed by atoms with Crippen LogP contribution in [0.25, 0.3) is 0 Å². The lowest BCUT2D eigenvalue weighted by Crippen LogP contribution is -2.40. The number of amides is 1. The number of hydrogen-bond acceptors (Lipinski definition) is 2. The second kappa shape index (κ2) is 7.95. The largest absolute Gasteiger partial charge is 0.352 e. The molecule has 0 bridgehead atoms. The molecular weight excluding hydrogens is 328 g/mol. The van der Waals surface area contributed by atoms with Gasteiger partial charge in [0.2, 0.25) is 0 Å². The predicted molar refractivity (Wildman–Crippen MR) is 90.5 cm³/mol. The van der Waals surface area contributed by atoms with E-state index in [-0.39, 0.29) is 5.91 Å². The number of carbonyl (C=O) groups is 1. The van der Waals surface area contributed by atoms with Crippen LogP contribution in [0.4, 0.5) is 0 Å². The molecule has 4 heteroatoms. The molecule has 1 heterocycles. The first-order valence-corrected chi connectivity index (χ1v) is 8.60. The van der Waals surface area contributed by atoms with E-state index >= 15 is 0 Å². The summed E-state index contributed by atoms with van der Waals surface area (Å²) in [5.74, 6) is 1.61. The number of carbonyl (C=O) groups excluding carboxylic acids is 1. The Hall–Kier alpha value is -0.870. The molecule has 2 atom stereocenters. The first kappa shape index (κ1) is 16.5. The molecule has 0 radical (unpaired) electrons. The zero-order valence-corrected chi connectivity index (χ0v) is 14.5. The van der Waals surface area contributed by atoms with Crippen molar-refractivity contribution in [1.82, 2.24) is 10.2 Å². The molecule has 116 valence electrons. The van der Waals surface area contributed by atoms with Crippen molar-refractivity contribution in [3.05, 3.63) is 34.3 Å². The quantitative estimate of drug-likeness (QED) is 0.821. The average Bonchev–Trinajstić information content (AvgIpc) is 2.43. The van der Waals surface area contributed by atoms with E-state index in [0.717, 1.165) is 41.4 Å². The normalized spacial score (nSPS) is 23.0. The first-order chi connectivity index (χ1) is 10.0. The molecule has 1 aliphatic heterocycles.